The van der Waals surface area contributed by atoms with E-state index in [0.717, 1.165) is 7.11 Å². The normalized spacial score (nSPS) is 37.2. The third-order valence-corrected chi connectivity index (χ3v) is 5.13. The van der Waals surface area contributed by atoms with Crippen LogP contribution in [-0.4, -0.2) is 86.7 Å². The van der Waals surface area contributed by atoms with Crippen LogP contribution in [0.25, 0.3) is 0 Å². The Morgan fingerprint density at radius 1 is 1.35 bits per heavy atom. The number of amides is 2. The number of methoxy groups -OCH3 is 1. The van der Waals surface area contributed by atoms with Crippen LogP contribution in [0, 0.1) is 0 Å². The second-order valence-electron chi connectivity index (χ2n) is 7.82. The Kier molecular flexibility index (Phi) is 6.58. The molecule has 176 valence electrons. The van der Waals surface area contributed by atoms with Crippen LogP contribution in [0.15, 0.2) is 0 Å². The first-order chi connectivity index (χ1) is 14.5. The molecule has 3 aliphatic heterocycles. The van der Waals surface area contributed by atoms with Crippen molar-refractivity contribution in [3.63, 3.8) is 0 Å². The lowest BCUT2D eigenvalue weighted by Crippen LogP contribution is -2.69. The fourth-order valence-corrected chi connectivity index (χ4v) is 3.70. The average Bonchev–Trinajstić information content (AvgIpc) is 3.28. The molecule has 0 aromatic heterocycles. The van der Waals surface area contributed by atoms with Crippen molar-refractivity contribution in [2.75, 3.05) is 20.3 Å². The smallest absolute Gasteiger partial charge is 0.408 e. The molecule has 11 nitrogen and oxygen atoms in total. The van der Waals surface area contributed by atoms with Gasteiger partial charge >= 0.3 is 24.0 Å². The first-order valence-corrected chi connectivity index (χ1v) is 9.85. The molecule has 5 unspecified atom stereocenters. The van der Waals surface area contributed by atoms with Crippen molar-refractivity contribution in [1.82, 2.24) is 10.6 Å². The molecule has 2 N–H and O–H groups in total. The Labute approximate surface area is 177 Å². The van der Waals surface area contributed by atoms with Crippen LogP contribution in [0.3, 0.4) is 0 Å². The molecule has 13 heteroatoms. The van der Waals surface area contributed by atoms with E-state index in [2.05, 4.69) is 15.4 Å². The number of alkyl carbamates (subject to hydrolysis) is 2. The summed E-state index contributed by atoms with van der Waals surface area (Å²) < 4.78 is 61.3. The molecule has 0 aromatic carbocycles. The van der Waals surface area contributed by atoms with Crippen molar-refractivity contribution in [2.24, 2.45) is 0 Å². The second kappa shape index (κ2) is 8.71. The Morgan fingerprint density at radius 3 is 2.65 bits per heavy atom. The number of fused-ring (bicyclic) bond motifs is 1. The topological polar surface area (TPSA) is 131 Å². The highest BCUT2D eigenvalue weighted by molar-refractivity contribution is 5.79. The first-order valence-electron chi connectivity index (χ1n) is 9.85. The number of esters is 1. The van der Waals surface area contributed by atoms with E-state index in [4.69, 9.17) is 23.7 Å². The predicted molar refractivity (Wildman–Crippen MR) is 96.3 cm³/mol. The molecule has 0 aromatic rings. The maximum atomic E-state index is 15.4. The third-order valence-electron chi connectivity index (χ3n) is 5.13. The van der Waals surface area contributed by atoms with Crippen LogP contribution in [0.4, 0.5) is 18.4 Å². The predicted octanol–water partition coefficient (Wildman–Crippen LogP) is 0.695. The van der Waals surface area contributed by atoms with Crippen LogP contribution < -0.4 is 10.6 Å². The first kappa shape index (κ1) is 23.4. The summed E-state index contributed by atoms with van der Waals surface area (Å²) in [6.45, 7) is 5.25. The van der Waals surface area contributed by atoms with Crippen LogP contribution in [0.1, 0.15) is 27.2 Å². The van der Waals surface area contributed by atoms with Gasteiger partial charge in [0.2, 0.25) is 6.17 Å². The van der Waals surface area contributed by atoms with E-state index < -0.39 is 66.4 Å². The van der Waals surface area contributed by atoms with Gasteiger partial charge in [0, 0.05) is 6.54 Å². The standard InChI is InChI=1S/C18H26F2N2O9/c1-5-6-21-15(24)28-10(8-7-27-17(2,3)30-8)11-9-12(29-16(25)22-9)13(19)18(20,31-11)14(23)26-4/h8-13H,5-7H2,1-4H3,(H,21,24)(H,22,25)/t8-,9?,10-,11?,12?,13?,18?/m1/s1. The van der Waals surface area contributed by atoms with Gasteiger partial charge in [0.25, 0.3) is 0 Å². The summed E-state index contributed by atoms with van der Waals surface area (Å²) in [7, 11) is 0.850. The molecular weight excluding hydrogens is 426 g/mol. The Balaban J connectivity index is 1.95. The van der Waals surface area contributed by atoms with Crippen molar-refractivity contribution in [3.8, 4) is 0 Å². The van der Waals surface area contributed by atoms with E-state index >= 15 is 4.39 Å². The molecule has 3 heterocycles. The van der Waals surface area contributed by atoms with E-state index in [-0.39, 0.29) is 13.2 Å². The van der Waals surface area contributed by atoms with Crippen molar-refractivity contribution < 1.29 is 51.6 Å². The van der Waals surface area contributed by atoms with Gasteiger partial charge in [-0.3, -0.25) is 0 Å². The summed E-state index contributed by atoms with van der Waals surface area (Å²) in [5.41, 5.74) is 0. The molecule has 2 amide bonds. The van der Waals surface area contributed by atoms with E-state index in [1.165, 1.54) is 0 Å². The molecule has 0 bridgehead atoms. The lowest BCUT2D eigenvalue weighted by Gasteiger charge is -2.44. The van der Waals surface area contributed by atoms with Crippen molar-refractivity contribution >= 4 is 18.2 Å². The molecule has 3 fully saturated rings. The average molecular weight is 452 g/mol. The van der Waals surface area contributed by atoms with E-state index in [0.29, 0.717) is 6.42 Å². The zero-order valence-corrected chi connectivity index (χ0v) is 17.5. The minimum atomic E-state index is -3.61. The summed E-state index contributed by atoms with van der Waals surface area (Å²) in [4.78, 5) is 36.1. The summed E-state index contributed by atoms with van der Waals surface area (Å²) in [6, 6.07) is -1.28. The number of carbonyl (C=O) groups is 3. The molecule has 7 atom stereocenters. The zero-order valence-electron chi connectivity index (χ0n) is 17.5. The number of nitrogens with one attached hydrogen (secondary N) is 2. The molecule has 0 spiro atoms. The van der Waals surface area contributed by atoms with Crippen LogP contribution in [0.2, 0.25) is 0 Å². The SMILES string of the molecule is CCCNC(=O)O[C@@H](C1OC(F)(C(=O)OC)C(F)C2OC(=O)NC21)[C@H]1COC(C)(C)O1. The van der Waals surface area contributed by atoms with Gasteiger partial charge in [0.15, 0.2) is 18.0 Å². The van der Waals surface area contributed by atoms with Gasteiger partial charge in [0.05, 0.1) is 13.7 Å². The number of rotatable bonds is 6. The summed E-state index contributed by atoms with van der Waals surface area (Å²) in [5, 5.41) is 4.81. The molecule has 0 saturated carbocycles. The van der Waals surface area contributed by atoms with Gasteiger partial charge in [-0.05, 0) is 20.3 Å². The quantitative estimate of drug-likeness (QED) is 0.442. The summed E-state index contributed by atoms with van der Waals surface area (Å²) in [6.07, 6.45) is -9.69. The van der Waals surface area contributed by atoms with Gasteiger partial charge in [-0.15, -0.1) is 0 Å². The van der Waals surface area contributed by atoms with E-state index in [1.54, 1.807) is 13.8 Å². The number of alkyl halides is 2. The minimum Gasteiger partial charge on any atom is -0.465 e. The molecular formula is C18H26F2N2O9. The van der Waals surface area contributed by atoms with Crippen molar-refractivity contribution in [1.29, 1.82) is 0 Å². The summed E-state index contributed by atoms with van der Waals surface area (Å²) >= 11 is 0. The number of halogens is 2. The van der Waals surface area contributed by atoms with Gasteiger partial charge in [-0.2, -0.15) is 4.39 Å². The van der Waals surface area contributed by atoms with Gasteiger partial charge in [-0.1, -0.05) is 6.92 Å². The number of ether oxygens (including phenoxy) is 6. The highest BCUT2D eigenvalue weighted by Gasteiger charge is 2.67. The van der Waals surface area contributed by atoms with Crippen molar-refractivity contribution in [2.45, 2.75) is 75.5 Å². The van der Waals surface area contributed by atoms with Crippen LogP contribution in [-0.2, 0) is 33.2 Å². The maximum absolute atomic E-state index is 15.4. The van der Waals surface area contributed by atoms with Gasteiger partial charge in [-0.25, -0.2) is 18.8 Å². The maximum Gasteiger partial charge on any atom is 0.408 e. The number of hydrogen-bond acceptors (Lipinski definition) is 9. The number of carbonyl (C=O) groups excluding carboxylic acids is 3. The van der Waals surface area contributed by atoms with Gasteiger partial charge < -0.3 is 39.1 Å². The fourth-order valence-electron chi connectivity index (χ4n) is 3.70. The van der Waals surface area contributed by atoms with Gasteiger partial charge in [0.1, 0.15) is 18.2 Å². The van der Waals surface area contributed by atoms with E-state index in [9.17, 15) is 18.8 Å². The number of hydrogen-bond donors (Lipinski definition) is 2. The minimum absolute atomic E-state index is 0.0820. The Morgan fingerprint density at radius 2 is 2.06 bits per heavy atom. The molecule has 0 radical (unpaired) electrons. The third kappa shape index (κ3) is 4.53. The van der Waals surface area contributed by atoms with E-state index in [1.807, 2.05) is 6.92 Å². The largest absolute Gasteiger partial charge is 0.465 e. The molecule has 3 saturated heterocycles. The second-order valence-corrected chi connectivity index (χ2v) is 7.82. The zero-order chi connectivity index (χ0) is 23.0. The van der Waals surface area contributed by atoms with Crippen LogP contribution >= 0.6 is 0 Å². The monoisotopic (exact) mass is 452 g/mol. The summed E-state index contributed by atoms with van der Waals surface area (Å²) in [5.74, 6) is -6.33. The molecule has 3 rings (SSSR count). The fraction of sp³-hybridized carbons (Fsp3) is 0.833. The van der Waals surface area contributed by atoms with Crippen LogP contribution in [0.5, 0.6) is 0 Å². The Hall–Kier alpha value is -2.25. The Bertz CT molecular complexity index is 724. The van der Waals surface area contributed by atoms with Crippen molar-refractivity contribution in [3.05, 3.63) is 0 Å². The lowest BCUT2D eigenvalue weighted by molar-refractivity contribution is -0.287. The highest BCUT2D eigenvalue weighted by Crippen LogP contribution is 2.41. The lowest BCUT2D eigenvalue weighted by atomic mass is 9.88. The molecule has 0 aliphatic carbocycles. The molecule has 31 heavy (non-hydrogen) atoms. The molecule has 3 aliphatic rings. The highest BCUT2D eigenvalue weighted by atomic mass is 19.2.